The summed E-state index contributed by atoms with van der Waals surface area (Å²) < 4.78 is 23.7. The van der Waals surface area contributed by atoms with Crippen molar-refractivity contribution in [3.63, 3.8) is 0 Å². The maximum atomic E-state index is 11.8. The van der Waals surface area contributed by atoms with Gasteiger partial charge in [-0.05, 0) is 60.4 Å². The minimum atomic E-state index is -3.30. The maximum absolute atomic E-state index is 11.8. The number of aromatic nitrogens is 2. The van der Waals surface area contributed by atoms with Crippen LogP contribution in [0.2, 0.25) is 0 Å². The summed E-state index contributed by atoms with van der Waals surface area (Å²) in [5.41, 5.74) is 4.65. The van der Waals surface area contributed by atoms with Gasteiger partial charge in [-0.1, -0.05) is 18.2 Å². The summed E-state index contributed by atoms with van der Waals surface area (Å²) in [6.07, 6.45) is 4.81. The first kappa shape index (κ1) is 19.7. The molecule has 8 heteroatoms. The summed E-state index contributed by atoms with van der Waals surface area (Å²) in [4.78, 5) is 11.8. The summed E-state index contributed by atoms with van der Waals surface area (Å²) in [6, 6.07) is 16.0. The average molecular weight is 450 g/mol. The molecule has 0 atom stereocenters. The van der Waals surface area contributed by atoms with Crippen LogP contribution in [-0.4, -0.2) is 29.7 Å². The molecule has 0 unspecified atom stereocenters. The third-order valence-electron chi connectivity index (χ3n) is 5.20. The first-order valence-electron chi connectivity index (χ1n) is 9.72. The number of phenolic OH excluding ortho intramolecular Hbond substituents is 1. The third kappa shape index (κ3) is 3.92. The van der Waals surface area contributed by atoms with E-state index >= 15 is 0 Å². The summed E-state index contributed by atoms with van der Waals surface area (Å²) in [6.45, 7) is 0. The molecule has 0 saturated carbocycles. The van der Waals surface area contributed by atoms with Crippen molar-refractivity contribution in [1.82, 2.24) is 9.97 Å². The molecular weight excluding hydrogens is 430 g/mol. The Bertz CT molecular complexity index is 1410. The minimum absolute atomic E-state index is 0.242. The van der Waals surface area contributed by atoms with E-state index in [0.717, 1.165) is 40.1 Å². The number of nitrogens with one attached hydrogen (secondary N) is 1. The number of phenols is 1. The second kappa shape index (κ2) is 7.47. The highest BCUT2D eigenvalue weighted by atomic mass is 32.2. The van der Waals surface area contributed by atoms with E-state index in [2.05, 4.69) is 16.4 Å². The van der Waals surface area contributed by atoms with Gasteiger partial charge in [0.05, 0.1) is 10.6 Å². The SMILES string of the molecule is CS(=O)(=O)c1cccc(Nc2ncc3c(n2)-c2cc(-c4cccc(O)c4)sc2CC3)c1. The van der Waals surface area contributed by atoms with Crippen molar-refractivity contribution in [2.24, 2.45) is 0 Å². The van der Waals surface area contributed by atoms with E-state index in [1.165, 1.54) is 11.1 Å². The molecule has 0 fully saturated rings. The van der Waals surface area contributed by atoms with Crippen molar-refractivity contribution in [2.45, 2.75) is 17.7 Å². The summed E-state index contributed by atoms with van der Waals surface area (Å²) in [7, 11) is -3.30. The molecule has 2 heterocycles. The normalized spacial score (nSPS) is 12.8. The van der Waals surface area contributed by atoms with E-state index in [1.54, 1.807) is 47.7 Å². The Morgan fingerprint density at radius 3 is 2.71 bits per heavy atom. The lowest BCUT2D eigenvalue weighted by Gasteiger charge is -2.16. The fourth-order valence-electron chi connectivity index (χ4n) is 3.68. The van der Waals surface area contributed by atoms with Gasteiger partial charge >= 0.3 is 0 Å². The molecule has 2 N–H and O–H groups in total. The van der Waals surface area contributed by atoms with Crippen LogP contribution in [0.25, 0.3) is 21.7 Å². The molecular formula is C23H19N3O3S2. The highest BCUT2D eigenvalue weighted by molar-refractivity contribution is 7.90. The molecule has 156 valence electrons. The van der Waals surface area contributed by atoms with Gasteiger partial charge < -0.3 is 10.4 Å². The summed E-state index contributed by atoms with van der Waals surface area (Å²) in [5, 5.41) is 12.9. The van der Waals surface area contributed by atoms with Crippen molar-refractivity contribution < 1.29 is 13.5 Å². The minimum Gasteiger partial charge on any atom is -0.508 e. The standard InChI is InChI=1S/C23H19N3O3S2/c1-31(28,29)18-7-3-5-16(11-18)25-23-24-13-15-8-9-20-19(22(15)26-23)12-21(30-20)14-4-2-6-17(27)10-14/h2-7,10-13,27H,8-9H2,1H3,(H,24,25,26). The molecule has 0 radical (unpaired) electrons. The van der Waals surface area contributed by atoms with Crippen LogP contribution >= 0.6 is 11.3 Å². The molecule has 1 aliphatic carbocycles. The number of thiophene rings is 1. The Morgan fingerprint density at radius 2 is 1.90 bits per heavy atom. The van der Waals surface area contributed by atoms with Gasteiger partial charge in [0, 0.05) is 33.5 Å². The zero-order valence-electron chi connectivity index (χ0n) is 16.7. The molecule has 6 nitrogen and oxygen atoms in total. The quantitative estimate of drug-likeness (QED) is 0.464. The number of hydrogen-bond acceptors (Lipinski definition) is 7. The zero-order chi connectivity index (χ0) is 21.6. The van der Waals surface area contributed by atoms with Gasteiger partial charge in [0.1, 0.15) is 5.75 Å². The maximum Gasteiger partial charge on any atom is 0.227 e. The molecule has 0 aliphatic heterocycles. The van der Waals surface area contributed by atoms with Gasteiger partial charge in [-0.15, -0.1) is 11.3 Å². The van der Waals surface area contributed by atoms with Crippen LogP contribution in [0, 0.1) is 0 Å². The number of benzene rings is 2. The smallest absolute Gasteiger partial charge is 0.227 e. The Balaban J connectivity index is 1.50. The van der Waals surface area contributed by atoms with Gasteiger partial charge in [-0.2, -0.15) is 0 Å². The fourth-order valence-corrected chi connectivity index (χ4v) is 5.50. The lowest BCUT2D eigenvalue weighted by Crippen LogP contribution is -2.07. The lowest BCUT2D eigenvalue weighted by molar-refractivity contribution is 0.475. The number of fused-ring (bicyclic) bond motifs is 3. The number of hydrogen-bond donors (Lipinski definition) is 2. The molecule has 0 amide bonds. The number of aromatic hydroxyl groups is 1. The first-order valence-corrected chi connectivity index (χ1v) is 12.4. The zero-order valence-corrected chi connectivity index (χ0v) is 18.3. The predicted octanol–water partition coefficient (Wildman–Crippen LogP) is 4.82. The van der Waals surface area contributed by atoms with E-state index in [-0.39, 0.29) is 10.6 Å². The molecule has 2 aromatic heterocycles. The molecule has 31 heavy (non-hydrogen) atoms. The van der Waals surface area contributed by atoms with Gasteiger partial charge in [0.15, 0.2) is 9.84 Å². The molecule has 0 spiro atoms. The summed E-state index contributed by atoms with van der Waals surface area (Å²) in [5.74, 6) is 0.664. The van der Waals surface area contributed by atoms with E-state index in [1.807, 2.05) is 18.3 Å². The molecule has 1 aliphatic rings. The highest BCUT2D eigenvalue weighted by Gasteiger charge is 2.22. The van der Waals surface area contributed by atoms with Crippen LogP contribution in [0.15, 0.2) is 65.7 Å². The number of aryl methyl sites for hydroxylation is 2. The lowest BCUT2D eigenvalue weighted by atomic mass is 9.96. The van der Waals surface area contributed by atoms with Crippen LogP contribution in [0.4, 0.5) is 11.6 Å². The van der Waals surface area contributed by atoms with Gasteiger partial charge in [-0.3, -0.25) is 0 Å². The Kier molecular flexibility index (Phi) is 4.75. The number of rotatable bonds is 4. The van der Waals surface area contributed by atoms with Crippen molar-refractivity contribution in [1.29, 1.82) is 0 Å². The Hall–Kier alpha value is -3.23. The Labute approximate surface area is 184 Å². The van der Waals surface area contributed by atoms with Crippen molar-refractivity contribution >= 4 is 32.8 Å². The predicted molar refractivity (Wildman–Crippen MR) is 123 cm³/mol. The van der Waals surface area contributed by atoms with Crippen LogP contribution in [-0.2, 0) is 22.7 Å². The second-order valence-corrected chi connectivity index (χ2v) is 10.6. The first-order chi connectivity index (χ1) is 14.9. The van der Waals surface area contributed by atoms with Crippen molar-refractivity contribution in [3.8, 4) is 27.4 Å². The molecule has 4 aromatic rings. The van der Waals surface area contributed by atoms with Crippen molar-refractivity contribution in [3.05, 3.63) is 71.2 Å². The largest absolute Gasteiger partial charge is 0.508 e. The highest BCUT2D eigenvalue weighted by Crippen LogP contribution is 2.42. The van der Waals surface area contributed by atoms with E-state index < -0.39 is 9.84 Å². The van der Waals surface area contributed by atoms with Gasteiger partial charge in [-0.25, -0.2) is 18.4 Å². The van der Waals surface area contributed by atoms with E-state index in [0.29, 0.717) is 11.6 Å². The summed E-state index contributed by atoms with van der Waals surface area (Å²) >= 11 is 1.72. The van der Waals surface area contributed by atoms with Crippen LogP contribution in [0.1, 0.15) is 10.4 Å². The van der Waals surface area contributed by atoms with Gasteiger partial charge in [0.25, 0.3) is 0 Å². The monoisotopic (exact) mass is 449 g/mol. The van der Waals surface area contributed by atoms with Gasteiger partial charge in [0.2, 0.25) is 5.95 Å². The fraction of sp³-hybridized carbons (Fsp3) is 0.130. The Morgan fingerprint density at radius 1 is 1.06 bits per heavy atom. The average Bonchev–Trinajstić information content (AvgIpc) is 3.18. The molecule has 0 saturated heterocycles. The number of nitrogens with zero attached hydrogens (tertiary/aromatic N) is 2. The molecule has 0 bridgehead atoms. The number of anilines is 2. The van der Waals surface area contributed by atoms with E-state index in [9.17, 15) is 13.5 Å². The van der Waals surface area contributed by atoms with Crippen molar-refractivity contribution in [2.75, 3.05) is 11.6 Å². The van der Waals surface area contributed by atoms with Crippen LogP contribution in [0.3, 0.4) is 0 Å². The van der Waals surface area contributed by atoms with Crippen LogP contribution < -0.4 is 5.32 Å². The number of sulfone groups is 1. The topological polar surface area (TPSA) is 92.2 Å². The second-order valence-electron chi connectivity index (χ2n) is 7.49. The third-order valence-corrected chi connectivity index (χ3v) is 7.55. The van der Waals surface area contributed by atoms with E-state index in [4.69, 9.17) is 4.98 Å². The molecule has 5 rings (SSSR count). The van der Waals surface area contributed by atoms with Crippen LogP contribution in [0.5, 0.6) is 5.75 Å². The molecule has 2 aromatic carbocycles.